The van der Waals surface area contributed by atoms with Gasteiger partial charge < -0.3 is 5.32 Å². The second-order valence-electron chi connectivity index (χ2n) is 5.44. The van der Waals surface area contributed by atoms with Crippen LogP contribution in [0.5, 0.6) is 0 Å². The molecule has 1 saturated carbocycles. The van der Waals surface area contributed by atoms with E-state index in [2.05, 4.69) is 33.1 Å². The van der Waals surface area contributed by atoms with Crippen molar-refractivity contribution in [1.82, 2.24) is 5.32 Å². The van der Waals surface area contributed by atoms with Crippen molar-refractivity contribution in [3.63, 3.8) is 0 Å². The number of nitrogens with one attached hydrogen (secondary N) is 1. The molecule has 1 aliphatic rings. The lowest BCUT2D eigenvalue weighted by molar-refractivity contribution is 0.158. The highest BCUT2D eigenvalue weighted by atomic mass is 15.0. The molecule has 0 unspecified atom stereocenters. The van der Waals surface area contributed by atoms with E-state index in [4.69, 9.17) is 0 Å². The molecule has 1 N–H and O–H groups in total. The number of hydrogen-bond acceptors (Lipinski definition) is 1. The molecule has 0 atom stereocenters. The largest absolute Gasteiger partial charge is 0.314 e. The van der Waals surface area contributed by atoms with Crippen molar-refractivity contribution < 1.29 is 0 Å². The van der Waals surface area contributed by atoms with Crippen LogP contribution >= 0.6 is 0 Å². The average molecular weight is 169 g/mol. The zero-order valence-electron chi connectivity index (χ0n) is 9.04. The zero-order chi connectivity index (χ0) is 9.24. The van der Waals surface area contributed by atoms with E-state index < -0.39 is 0 Å². The van der Waals surface area contributed by atoms with Crippen LogP contribution in [0.3, 0.4) is 0 Å². The summed E-state index contributed by atoms with van der Waals surface area (Å²) in [5.74, 6) is 0. The topological polar surface area (TPSA) is 12.0 Å². The van der Waals surface area contributed by atoms with Gasteiger partial charge in [-0.1, -0.05) is 20.8 Å². The Kier molecular flexibility index (Phi) is 2.82. The highest BCUT2D eigenvalue weighted by Gasteiger charge is 2.35. The maximum Gasteiger partial charge on any atom is 0.0178 e. The van der Waals surface area contributed by atoms with E-state index in [1.165, 1.54) is 32.1 Å². The minimum atomic E-state index is 0.499. The summed E-state index contributed by atoms with van der Waals surface area (Å²) in [4.78, 5) is 0. The third kappa shape index (κ3) is 2.48. The van der Waals surface area contributed by atoms with Crippen LogP contribution in [0.25, 0.3) is 0 Å². The molecule has 0 aliphatic heterocycles. The van der Waals surface area contributed by atoms with Crippen molar-refractivity contribution >= 4 is 0 Å². The van der Waals surface area contributed by atoms with E-state index in [0.717, 1.165) is 0 Å². The minimum absolute atomic E-state index is 0.499. The lowest BCUT2D eigenvalue weighted by Gasteiger charge is -2.43. The molecule has 0 heterocycles. The second kappa shape index (κ2) is 3.37. The van der Waals surface area contributed by atoms with Crippen LogP contribution in [0.15, 0.2) is 0 Å². The maximum absolute atomic E-state index is 3.49. The molecule has 0 spiro atoms. The monoisotopic (exact) mass is 169 g/mol. The molecule has 0 aromatic carbocycles. The van der Waals surface area contributed by atoms with Gasteiger partial charge in [-0.15, -0.1) is 0 Å². The van der Waals surface area contributed by atoms with Gasteiger partial charge in [-0.05, 0) is 44.6 Å². The lowest BCUT2D eigenvalue weighted by atomic mass is 9.71. The van der Waals surface area contributed by atoms with Gasteiger partial charge in [0, 0.05) is 5.54 Å². The first kappa shape index (κ1) is 10.0. The van der Waals surface area contributed by atoms with Crippen molar-refractivity contribution in [3.05, 3.63) is 0 Å². The standard InChI is InChI=1S/C11H23N/c1-10(2,3)8-9-11(12-4)6-5-7-11/h12H,5-9H2,1-4H3. The first-order chi connectivity index (χ1) is 5.47. The van der Waals surface area contributed by atoms with Crippen molar-refractivity contribution in [3.8, 4) is 0 Å². The SMILES string of the molecule is CNC1(CCC(C)(C)C)CCC1. The Hall–Kier alpha value is -0.0400. The van der Waals surface area contributed by atoms with Crippen LogP contribution in [0.2, 0.25) is 0 Å². The fourth-order valence-electron chi connectivity index (χ4n) is 1.84. The quantitative estimate of drug-likeness (QED) is 0.685. The molecule has 1 rings (SSSR count). The van der Waals surface area contributed by atoms with E-state index >= 15 is 0 Å². The Morgan fingerprint density at radius 3 is 2.08 bits per heavy atom. The number of rotatable bonds is 3. The predicted octanol–water partition coefficient (Wildman–Crippen LogP) is 2.95. The van der Waals surface area contributed by atoms with Gasteiger partial charge in [-0.3, -0.25) is 0 Å². The lowest BCUT2D eigenvalue weighted by Crippen LogP contribution is -2.49. The van der Waals surface area contributed by atoms with Gasteiger partial charge in [-0.25, -0.2) is 0 Å². The maximum atomic E-state index is 3.49. The molecule has 0 amide bonds. The fraction of sp³-hybridized carbons (Fsp3) is 1.00. The summed E-state index contributed by atoms with van der Waals surface area (Å²) >= 11 is 0. The summed E-state index contributed by atoms with van der Waals surface area (Å²) < 4.78 is 0. The normalized spacial score (nSPS) is 22.0. The van der Waals surface area contributed by atoms with Gasteiger partial charge in [-0.2, -0.15) is 0 Å². The summed E-state index contributed by atoms with van der Waals surface area (Å²) in [6, 6.07) is 0. The van der Waals surface area contributed by atoms with Crippen LogP contribution < -0.4 is 5.32 Å². The van der Waals surface area contributed by atoms with Crippen LogP contribution in [-0.2, 0) is 0 Å². The molecule has 1 nitrogen and oxygen atoms in total. The highest BCUT2D eigenvalue weighted by Crippen LogP contribution is 2.38. The molecule has 0 bridgehead atoms. The van der Waals surface area contributed by atoms with E-state index in [-0.39, 0.29) is 0 Å². The molecule has 0 radical (unpaired) electrons. The van der Waals surface area contributed by atoms with Crippen molar-refractivity contribution in [1.29, 1.82) is 0 Å². The van der Waals surface area contributed by atoms with Gasteiger partial charge in [0.1, 0.15) is 0 Å². The van der Waals surface area contributed by atoms with Crippen LogP contribution in [0, 0.1) is 5.41 Å². The van der Waals surface area contributed by atoms with Gasteiger partial charge in [0.2, 0.25) is 0 Å². The van der Waals surface area contributed by atoms with Crippen molar-refractivity contribution in [2.75, 3.05) is 7.05 Å². The molecular formula is C11H23N. The van der Waals surface area contributed by atoms with Crippen LogP contribution in [0.4, 0.5) is 0 Å². The fourth-order valence-corrected chi connectivity index (χ4v) is 1.84. The Balaban J connectivity index is 2.30. The Morgan fingerprint density at radius 1 is 1.25 bits per heavy atom. The molecule has 72 valence electrons. The van der Waals surface area contributed by atoms with Crippen molar-refractivity contribution in [2.45, 2.75) is 58.4 Å². The average Bonchev–Trinajstić information content (AvgIpc) is 1.84. The first-order valence-corrected chi connectivity index (χ1v) is 5.16. The Bertz CT molecular complexity index is 134. The smallest absolute Gasteiger partial charge is 0.0178 e. The molecule has 0 aromatic heterocycles. The molecular weight excluding hydrogens is 146 g/mol. The van der Waals surface area contributed by atoms with E-state index in [1.807, 2.05) is 0 Å². The van der Waals surface area contributed by atoms with E-state index in [0.29, 0.717) is 11.0 Å². The van der Waals surface area contributed by atoms with Gasteiger partial charge in [0.15, 0.2) is 0 Å². The molecule has 0 aromatic rings. The summed E-state index contributed by atoms with van der Waals surface area (Å²) in [6.45, 7) is 6.99. The molecule has 1 aliphatic carbocycles. The van der Waals surface area contributed by atoms with Gasteiger partial charge in [0.05, 0.1) is 0 Å². The third-order valence-corrected chi connectivity index (χ3v) is 3.19. The minimum Gasteiger partial charge on any atom is -0.314 e. The molecule has 1 heteroatoms. The Morgan fingerprint density at radius 2 is 1.83 bits per heavy atom. The summed E-state index contributed by atoms with van der Waals surface area (Å²) in [6.07, 6.45) is 6.89. The van der Waals surface area contributed by atoms with Crippen LogP contribution in [-0.4, -0.2) is 12.6 Å². The summed E-state index contributed by atoms with van der Waals surface area (Å²) in [5.41, 5.74) is 1.02. The first-order valence-electron chi connectivity index (χ1n) is 5.16. The zero-order valence-corrected chi connectivity index (χ0v) is 9.04. The highest BCUT2D eigenvalue weighted by molar-refractivity contribution is 4.95. The molecule has 1 fully saturated rings. The molecule has 12 heavy (non-hydrogen) atoms. The van der Waals surface area contributed by atoms with E-state index in [9.17, 15) is 0 Å². The third-order valence-electron chi connectivity index (χ3n) is 3.19. The van der Waals surface area contributed by atoms with Gasteiger partial charge in [0.25, 0.3) is 0 Å². The second-order valence-corrected chi connectivity index (χ2v) is 5.44. The molecule has 0 saturated heterocycles. The number of hydrogen-bond donors (Lipinski definition) is 1. The summed E-state index contributed by atoms with van der Waals surface area (Å²) in [7, 11) is 2.11. The van der Waals surface area contributed by atoms with Gasteiger partial charge >= 0.3 is 0 Å². The Labute approximate surface area is 76.9 Å². The van der Waals surface area contributed by atoms with Crippen molar-refractivity contribution in [2.24, 2.45) is 5.41 Å². The van der Waals surface area contributed by atoms with E-state index in [1.54, 1.807) is 0 Å². The predicted molar refractivity (Wildman–Crippen MR) is 54.3 cm³/mol. The summed E-state index contributed by atoms with van der Waals surface area (Å²) in [5, 5.41) is 3.49. The van der Waals surface area contributed by atoms with Crippen LogP contribution in [0.1, 0.15) is 52.9 Å².